The molecule has 13 heavy (non-hydrogen) atoms. The Kier molecular flexibility index (Phi) is 9.49. The van der Waals surface area contributed by atoms with Crippen molar-refractivity contribution in [1.82, 2.24) is 0 Å². The van der Waals surface area contributed by atoms with E-state index in [-0.39, 0.29) is 0 Å². The fraction of sp³-hybridized carbons (Fsp3) is 1.00. The van der Waals surface area contributed by atoms with Gasteiger partial charge in [-0.2, -0.15) is 0 Å². The predicted molar refractivity (Wildman–Crippen MR) is 70.8 cm³/mol. The van der Waals surface area contributed by atoms with Gasteiger partial charge in [-0.15, -0.1) is 0 Å². The van der Waals surface area contributed by atoms with Crippen LogP contribution in [-0.4, -0.2) is 32.6 Å². The van der Waals surface area contributed by atoms with Gasteiger partial charge in [-0.05, 0) is 0 Å². The van der Waals surface area contributed by atoms with Crippen molar-refractivity contribution >= 4 is 51.5 Å². The second-order valence-corrected chi connectivity index (χ2v) is 34.1. The Morgan fingerprint density at radius 3 is 2.62 bits per heavy atom. The summed E-state index contributed by atoms with van der Waals surface area (Å²) < 4.78 is 6.86. The summed E-state index contributed by atoms with van der Waals surface area (Å²) in [7, 11) is 0. The van der Waals surface area contributed by atoms with Crippen molar-refractivity contribution in [3.05, 3.63) is 0 Å². The second kappa shape index (κ2) is 8.21. The van der Waals surface area contributed by atoms with Gasteiger partial charge in [-0.3, -0.25) is 0 Å². The number of hydrogen-bond acceptors (Lipinski definition) is 3. The molecule has 0 rings (SSSR count). The van der Waals surface area contributed by atoms with E-state index < -0.39 is 14.3 Å². The van der Waals surface area contributed by atoms with Crippen LogP contribution >= 0.6 is 37.2 Å². The number of hydrogen-bond donors (Lipinski definition) is 1. The summed E-state index contributed by atoms with van der Waals surface area (Å²) >= 11 is 6.63. The number of rotatable bonds is 7. The molecule has 2 N–H and O–H groups in total. The number of nitrogens with two attached hydrogens (primary N) is 1. The molecule has 6 heteroatoms. The molecule has 0 heterocycles. The molecule has 0 aromatic heterocycles. The summed E-state index contributed by atoms with van der Waals surface area (Å²) in [5.41, 5.74) is 5.67. The van der Waals surface area contributed by atoms with E-state index in [4.69, 9.17) is 8.81 Å². The van der Waals surface area contributed by atoms with Gasteiger partial charge in [0.2, 0.25) is 0 Å². The molecule has 0 aliphatic carbocycles. The van der Waals surface area contributed by atoms with E-state index >= 15 is 0 Å². The fourth-order valence-electron chi connectivity index (χ4n) is 0.847. The molecule has 0 radical (unpaired) electrons. The zero-order valence-electron chi connectivity index (χ0n) is 8.06. The van der Waals surface area contributed by atoms with Crippen LogP contribution in [0.1, 0.15) is 19.8 Å². The maximum atomic E-state index is 5.73. The van der Waals surface area contributed by atoms with Crippen LogP contribution in [0.2, 0.25) is 4.44 Å². The fourth-order valence-corrected chi connectivity index (χ4v) is 13.3. The molecule has 1 atom stereocenters. The van der Waals surface area contributed by atoms with Crippen LogP contribution in [0.3, 0.4) is 0 Å². The van der Waals surface area contributed by atoms with Gasteiger partial charge >= 0.3 is 103 Å². The van der Waals surface area contributed by atoms with Gasteiger partial charge in [-0.1, -0.05) is 0 Å². The Morgan fingerprint density at radius 2 is 2.15 bits per heavy atom. The Bertz CT molecular complexity index is 138. The maximum absolute atomic E-state index is 5.73. The summed E-state index contributed by atoms with van der Waals surface area (Å²) in [6.07, 6.45) is 4.28. The molecule has 2 nitrogen and oxygen atoms in total. The zero-order valence-corrected chi connectivity index (χ0v) is 14.9. The third kappa shape index (κ3) is 10.3. The van der Waals surface area contributed by atoms with E-state index in [0.29, 0.717) is 6.04 Å². The van der Waals surface area contributed by atoms with Gasteiger partial charge in [0.05, 0.1) is 0 Å². The van der Waals surface area contributed by atoms with E-state index in [1.165, 1.54) is 0 Å². The average molecular weight is 442 g/mol. The first kappa shape index (κ1) is 15.0. The molecule has 1 unspecified atom stereocenters. The molecule has 0 aliphatic heterocycles. The molecule has 80 valence electrons. The molecule has 0 aliphatic rings. The minimum atomic E-state index is -2.45. The van der Waals surface area contributed by atoms with Gasteiger partial charge in [0.25, 0.3) is 0 Å². The van der Waals surface area contributed by atoms with Crippen molar-refractivity contribution in [2.24, 2.45) is 5.73 Å². The van der Waals surface area contributed by atoms with Crippen molar-refractivity contribution in [2.45, 2.75) is 30.2 Å². The zero-order chi connectivity index (χ0) is 10.3. The van der Waals surface area contributed by atoms with E-state index in [9.17, 15) is 0 Å². The number of halogens is 2. The summed E-state index contributed by atoms with van der Waals surface area (Å²) in [5, 5.41) is 0. The first-order valence-electron chi connectivity index (χ1n) is 4.24. The van der Waals surface area contributed by atoms with Crippen molar-refractivity contribution < 1.29 is 3.07 Å². The van der Waals surface area contributed by atoms with E-state index in [1.54, 1.807) is 11.8 Å². The van der Waals surface area contributed by atoms with Gasteiger partial charge in [0.1, 0.15) is 0 Å². The minimum absolute atomic E-state index is 0.308. The predicted octanol–water partition coefficient (Wildman–Crippen LogP) is 3.18. The summed E-state index contributed by atoms with van der Waals surface area (Å²) in [6, 6.07) is 0.308. The molecular formula is C7H17Br2NOSSn. The molecule has 0 amide bonds. The van der Waals surface area contributed by atoms with Crippen LogP contribution < -0.4 is 5.73 Å². The summed E-state index contributed by atoms with van der Waals surface area (Å²) in [6.45, 7) is 2.04. The Balaban J connectivity index is 3.50. The Hall–Kier alpha value is 2.03. The summed E-state index contributed by atoms with van der Waals surface area (Å²) in [4.78, 5) is 0. The Morgan fingerprint density at radius 1 is 1.54 bits per heavy atom. The van der Waals surface area contributed by atoms with Gasteiger partial charge in [0, 0.05) is 0 Å². The quantitative estimate of drug-likeness (QED) is 0.487. The SMILES string of the molecule is CSC[O][Sn]([Br])([Br])[CH2]CCC(C)N. The van der Waals surface area contributed by atoms with Crippen molar-refractivity contribution in [3.8, 4) is 0 Å². The third-order valence-corrected chi connectivity index (χ3v) is 15.1. The van der Waals surface area contributed by atoms with Crippen molar-refractivity contribution in [3.63, 3.8) is 0 Å². The topological polar surface area (TPSA) is 35.2 Å². The molecule has 0 aromatic carbocycles. The van der Waals surface area contributed by atoms with Crippen molar-refractivity contribution in [2.75, 3.05) is 12.2 Å². The Labute approximate surface area is 102 Å². The van der Waals surface area contributed by atoms with E-state index in [1.807, 2.05) is 13.2 Å². The van der Waals surface area contributed by atoms with Crippen LogP contribution in [0.15, 0.2) is 0 Å². The van der Waals surface area contributed by atoms with Gasteiger partial charge < -0.3 is 0 Å². The molecular weight excluding hydrogens is 425 g/mol. The molecule has 0 bridgehead atoms. The van der Waals surface area contributed by atoms with E-state index in [0.717, 1.165) is 23.2 Å². The molecule has 0 saturated heterocycles. The van der Waals surface area contributed by atoms with Gasteiger partial charge in [-0.25, -0.2) is 0 Å². The van der Waals surface area contributed by atoms with Crippen LogP contribution in [-0.2, 0) is 3.07 Å². The number of thioether (sulfide) groups is 1. The standard InChI is InChI=1S/C5H12N.C2H5OS.2BrH.Sn/c1-3-4-5(2)6;1-4-2-3;;;/h5H,1,3-4,6H2,2H3;2H2,1H3;2*1H;/q;-1;;;+3/p-2. The molecule has 0 spiro atoms. The normalized spacial score (nSPS) is 14.5. The first-order valence-corrected chi connectivity index (χ1v) is 21.6. The van der Waals surface area contributed by atoms with Crippen molar-refractivity contribution in [1.29, 1.82) is 0 Å². The second-order valence-electron chi connectivity index (χ2n) is 3.06. The average Bonchev–Trinajstić information content (AvgIpc) is 2.00. The summed E-state index contributed by atoms with van der Waals surface area (Å²) in [5.74, 6) is 0.782. The van der Waals surface area contributed by atoms with Crippen LogP contribution in [0.25, 0.3) is 0 Å². The van der Waals surface area contributed by atoms with Crippen LogP contribution in [0.5, 0.6) is 0 Å². The molecule has 0 aromatic rings. The third-order valence-electron chi connectivity index (χ3n) is 1.52. The monoisotopic (exact) mass is 441 g/mol. The van der Waals surface area contributed by atoms with E-state index in [2.05, 4.69) is 25.4 Å². The van der Waals surface area contributed by atoms with Crippen LogP contribution in [0, 0.1) is 0 Å². The van der Waals surface area contributed by atoms with Crippen LogP contribution in [0.4, 0.5) is 0 Å². The first-order chi connectivity index (χ1) is 5.98. The molecule has 0 saturated carbocycles. The molecule has 0 fully saturated rings. The van der Waals surface area contributed by atoms with Gasteiger partial charge in [0.15, 0.2) is 0 Å².